The molecule has 1 aliphatic rings. The lowest BCUT2D eigenvalue weighted by molar-refractivity contribution is 0.0529. The minimum absolute atomic E-state index is 0. The third-order valence-electron chi connectivity index (χ3n) is 3.85. The summed E-state index contributed by atoms with van der Waals surface area (Å²) < 4.78 is 10.7. The van der Waals surface area contributed by atoms with E-state index in [9.17, 15) is 4.79 Å². The summed E-state index contributed by atoms with van der Waals surface area (Å²) in [5, 5.41) is 9.15. The molecular formula is C20H33IN4O3. The molecule has 0 bridgehead atoms. The Morgan fingerprint density at radius 1 is 1.21 bits per heavy atom. The van der Waals surface area contributed by atoms with Gasteiger partial charge in [-0.25, -0.2) is 4.79 Å². The predicted octanol–water partition coefficient (Wildman–Crippen LogP) is 2.86. The number of fused-ring (bicyclic) bond motifs is 1. The van der Waals surface area contributed by atoms with Crippen molar-refractivity contribution in [3.8, 4) is 5.75 Å². The molecule has 0 fully saturated rings. The van der Waals surface area contributed by atoms with Crippen LogP contribution < -0.4 is 20.7 Å². The van der Waals surface area contributed by atoms with Crippen molar-refractivity contribution in [2.45, 2.75) is 46.1 Å². The van der Waals surface area contributed by atoms with Gasteiger partial charge >= 0.3 is 6.09 Å². The number of hydrogen-bond acceptors (Lipinski definition) is 4. The number of aliphatic imine (C=N–C) groups is 1. The van der Waals surface area contributed by atoms with Gasteiger partial charge in [0.15, 0.2) is 5.96 Å². The summed E-state index contributed by atoms with van der Waals surface area (Å²) in [6.45, 7) is 10.8. The highest BCUT2D eigenvalue weighted by molar-refractivity contribution is 14.0. The van der Waals surface area contributed by atoms with Crippen LogP contribution in [0.3, 0.4) is 0 Å². The highest BCUT2D eigenvalue weighted by Crippen LogP contribution is 2.25. The molecule has 0 unspecified atom stereocenters. The van der Waals surface area contributed by atoms with Gasteiger partial charge in [-0.05, 0) is 51.3 Å². The lowest BCUT2D eigenvalue weighted by atomic mass is 10.1. The molecule has 28 heavy (non-hydrogen) atoms. The van der Waals surface area contributed by atoms with Gasteiger partial charge in [-0.3, -0.25) is 4.99 Å². The molecular weight excluding hydrogens is 471 g/mol. The normalized spacial score (nSPS) is 13.1. The Labute approximate surface area is 185 Å². The van der Waals surface area contributed by atoms with Crippen LogP contribution in [0.5, 0.6) is 5.75 Å². The largest absolute Gasteiger partial charge is 0.493 e. The molecule has 0 atom stereocenters. The summed E-state index contributed by atoms with van der Waals surface area (Å²) in [7, 11) is 0. The zero-order valence-electron chi connectivity index (χ0n) is 17.3. The highest BCUT2D eigenvalue weighted by atomic mass is 127. The Balaban J connectivity index is 0.00000392. The van der Waals surface area contributed by atoms with E-state index in [-0.39, 0.29) is 24.0 Å². The Morgan fingerprint density at radius 2 is 1.96 bits per heavy atom. The Kier molecular flexibility index (Phi) is 10.4. The molecule has 0 saturated carbocycles. The number of hydrogen-bond donors (Lipinski definition) is 3. The number of rotatable bonds is 7. The first-order valence-corrected chi connectivity index (χ1v) is 9.61. The maximum absolute atomic E-state index is 11.6. The second-order valence-electron chi connectivity index (χ2n) is 7.41. The molecule has 8 heteroatoms. The van der Waals surface area contributed by atoms with Crippen LogP contribution >= 0.6 is 24.0 Å². The second kappa shape index (κ2) is 12.0. The number of carbonyl (C=O) groups is 1. The highest BCUT2D eigenvalue weighted by Gasteiger charge is 2.15. The first-order valence-electron chi connectivity index (χ1n) is 9.61. The number of carbonyl (C=O) groups excluding carboxylic acids is 1. The summed E-state index contributed by atoms with van der Waals surface area (Å²) in [6, 6.07) is 6.36. The maximum atomic E-state index is 11.6. The fraction of sp³-hybridized carbons (Fsp3) is 0.600. The van der Waals surface area contributed by atoms with Crippen molar-refractivity contribution in [3.05, 3.63) is 29.3 Å². The van der Waals surface area contributed by atoms with Crippen LogP contribution in [0.1, 0.15) is 38.8 Å². The fourth-order valence-corrected chi connectivity index (χ4v) is 2.69. The number of amides is 1. The fourth-order valence-electron chi connectivity index (χ4n) is 2.69. The lowest BCUT2D eigenvalue weighted by Crippen LogP contribution is -2.42. The van der Waals surface area contributed by atoms with E-state index in [1.807, 2.05) is 33.8 Å². The summed E-state index contributed by atoms with van der Waals surface area (Å²) >= 11 is 0. The molecule has 0 aromatic heterocycles. The van der Waals surface area contributed by atoms with Crippen molar-refractivity contribution in [3.63, 3.8) is 0 Å². The van der Waals surface area contributed by atoms with Gasteiger partial charge in [-0.2, -0.15) is 0 Å². The molecule has 1 heterocycles. The maximum Gasteiger partial charge on any atom is 0.407 e. The van der Waals surface area contributed by atoms with Crippen LogP contribution in [0.2, 0.25) is 0 Å². The lowest BCUT2D eigenvalue weighted by Gasteiger charge is -2.19. The standard InChI is InChI=1S/C20H32N4O3.HI/c1-5-21-18(23-11-12-24-19(25)27-20(2,3)4)22-10-8-15-6-7-17-16(14-15)9-13-26-17;/h6-7,14H,5,8-13H2,1-4H3,(H,24,25)(H2,21,22,23);1H. The molecule has 0 saturated heterocycles. The van der Waals surface area contributed by atoms with Gasteiger partial charge in [-0.1, -0.05) is 12.1 Å². The van der Waals surface area contributed by atoms with Gasteiger partial charge in [0, 0.05) is 32.6 Å². The van der Waals surface area contributed by atoms with Crippen LogP contribution in [-0.4, -0.2) is 50.4 Å². The van der Waals surface area contributed by atoms with Crippen LogP contribution in [0.4, 0.5) is 4.79 Å². The summed E-state index contributed by atoms with van der Waals surface area (Å²) in [4.78, 5) is 16.2. The molecule has 0 spiro atoms. The molecule has 3 N–H and O–H groups in total. The van der Waals surface area contributed by atoms with E-state index in [0.29, 0.717) is 19.6 Å². The zero-order chi connectivity index (χ0) is 19.7. The van der Waals surface area contributed by atoms with E-state index in [2.05, 4.69) is 33.1 Å². The monoisotopic (exact) mass is 504 g/mol. The quantitative estimate of drug-likeness (QED) is 0.230. The van der Waals surface area contributed by atoms with Crippen LogP contribution in [0.15, 0.2) is 23.2 Å². The van der Waals surface area contributed by atoms with E-state index in [1.54, 1.807) is 0 Å². The number of benzene rings is 1. The van der Waals surface area contributed by atoms with Crippen molar-refractivity contribution in [1.82, 2.24) is 16.0 Å². The van der Waals surface area contributed by atoms with Crippen LogP contribution in [-0.2, 0) is 17.6 Å². The molecule has 0 radical (unpaired) electrons. The number of halogens is 1. The van der Waals surface area contributed by atoms with Gasteiger partial charge in [-0.15, -0.1) is 24.0 Å². The van der Waals surface area contributed by atoms with E-state index in [0.717, 1.165) is 37.7 Å². The Bertz CT molecular complexity index is 659. The van der Waals surface area contributed by atoms with E-state index < -0.39 is 11.7 Å². The molecule has 7 nitrogen and oxygen atoms in total. The number of nitrogens with one attached hydrogen (secondary N) is 3. The van der Waals surface area contributed by atoms with Gasteiger partial charge < -0.3 is 25.4 Å². The summed E-state index contributed by atoms with van der Waals surface area (Å²) in [5.74, 6) is 1.75. The number of ether oxygens (including phenoxy) is 2. The van der Waals surface area contributed by atoms with E-state index in [4.69, 9.17) is 9.47 Å². The average Bonchev–Trinajstić information content (AvgIpc) is 3.05. The molecule has 1 aromatic rings. The van der Waals surface area contributed by atoms with Gasteiger partial charge in [0.05, 0.1) is 6.61 Å². The van der Waals surface area contributed by atoms with Crippen molar-refractivity contribution < 1.29 is 14.3 Å². The first-order chi connectivity index (χ1) is 12.9. The van der Waals surface area contributed by atoms with Crippen molar-refractivity contribution in [1.29, 1.82) is 0 Å². The van der Waals surface area contributed by atoms with Crippen molar-refractivity contribution in [2.75, 3.05) is 32.8 Å². The summed E-state index contributed by atoms with van der Waals surface area (Å²) in [5.41, 5.74) is 2.07. The van der Waals surface area contributed by atoms with Gasteiger partial charge in [0.25, 0.3) is 0 Å². The Hall–Kier alpha value is -1.71. The molecule has 2 rings (SSSR count). The second-order valence-corrected chi connectivity index (χ2v) is 7.41. The zero-order valence-corrected chi connectivity index (χ0v) is 19.6. The van der Waals surface area contributed by atoms with Crippen LogP contribution in [0, 0.1) is 0 Å². The van der Waals surface area contributed by atoms with Crippen molar-refractivity contribution in [2.24, 2.45) is 4.99 Å². The van der Waals surface area contributed by atoms with Gasteiger partial charge in [0.2, 0.25) is 0 Å². The third kappa shape index (κ3) is 8.99. The predicted molar refractivity (Wildman–Crippen MR) is 123 cm³/mol. The molecule has 1 aliphatic heterocycles. The van der Waals surface area contributed by atoms with Crippen molar-refractivity contribution >= 4 is 36.0 Å². The Morgan fingerprint density at radius 3 is 2.68 bits per heavy atom. The number of alkyl carbamates (subject to hydrolysis) is 1. The summed E-state index contributed by atoms with van der Waals surface area (Å²) in [6.07, 6.45) is 1.45. The molecule has 1 aromatic carbocycles. The number of guanidine groups is 1. The van der Waals surface area contributed by atoms with Gasteiger partial charge in [0.1, 0.15) is 11.4 Å². The van der Waals surface area contributed by atoms with Crippen LogP contribution in [0.25, 0.3) is 0 Å². The third-order valence-corrected chi connectivity index (χ3v) is 3.85. The molecule has 0 aliphatic carbocycles. The van der Waals surface area contributed by atoms with E-state index >= 15 is 0 Å². The number of nitrogens with zero attached hydrogens (tertiary/aromatic N) is 1. The van der Waals surface area contributed by atoms with E-state index in [1.165, 1.54) is 11.1 Å². The molecule has 158 valence electrons. The average molecular weight is 504 g/mol. The topological polar surface area (TPSA) is 84.0 Å². The minimum Gasteiger partial charge on any atom is -0.493 e. The SMILES string of the molecule is CCNC(=NCCc1ccc2c(c1)CCO2)NCCNC(=O)OC(C)(C)C.I. The smallest absolute Gasteiger partial charge is 0.407 e. The minimum atomic E-state index is -0.489. The molecule has 1 amide bonds. The first kappa shape index (κ1) is 24.3.